The summed E-state index contributed by atoms with van der Waals surface area (Å²) >= 11 is 0. The van der Waals surface area contributed by atoms with E-state index in [1.165, 1.54) is 12.1 Å². The van der Waals surface area contributed by atoms with Gasteiger partial charge in [-0.05, 0) is 44.5 Å². The number of benzene rings is 2. The van der Waals surface area contributed by atoms with Gasteiger partial charge in [0.05, 0.1) is 4.90 Å². The monoisotopic (exact) mass is 415 g/mol. The molecule has 0 saturated carbocycles. The van der Waals surface area contributed by atoms with Crippen molar-refractivity contribution in [2.45, 2.75) is 37.8 Å². The third kappa shape index (κ3) is 5.23. The van der Waals surface area contributed by atoms with E-state index in [1.807, 2.05) is 30.3 Å². The molecular formula is C22H29N3O3S. The highest BCUT2D eigenvalue weighted by Gasteiger charge is 2.25. The molecule has 0 spiro atoms. The topological polar surface area (TPSA) is 69.7 Å². The quantitative estimate of drug-likeness (QED) is 0.788. The third-order valence-electron chi connectivity index (χ3n) is 5.35. The molecule has 2 aromatic rings. The van der Waals surface area contributed by atoms with Crippen LogP contribution in [0.15, 0.2) is 59.5 Å². The van der Waals surface area contributed by atoms with Gasteiger partial charge < -0.3 is 4.90 Å². The molecule has 3 rings (SSSR count). The smallest absolute Gasteiger partial charge is 0.253 e. The maximum atomic E-state index is 12.9. The fourth-order valence-electron chi connectivity index (χ4n) is 3.53. The van der Waals surface area contributed by atoms with Crippen molar-refractivity contribution in [3.05, 3.63) is 65.7 Å². The summed E-state index contributed by atoms with van der Waals surface area (Å²) < 4.78 is 28.4. The van der Waals surface area contributed by atoms with Gasteiger partial charge in [0.1, 0.15) is 0 Å². The van der Waals surface area contributed by atoms with Crippen LogP contribution in [0.5, 0.6) is 0 Å². The lowest BCUT2D eigenvalue weighted by Gasteiger charge is -2.37. The van der Waals surface area contributed by atoms with E-state index in [2.05, 4.69) is 23.5 Å². The van der Waals surface area contributed by atoms with Crippen LogP contribution in [0.2, 0.25) is 0 Å². The molecule has 0 bridgehead atoms. The first-order chi connectivity index (χ1) is 13.8. The molecule has 0 radical (unpaired) electrons. The lowest BCUT2D eigenvalue weighted by atomic mass is 10.1. The molecular weight excluding hydrogens is 386 g/mol. The molecule has 2 aromatic carbocycles. The summed E-state index contributed by atoms with van der Waals surface area (Å²) in [5.41, 5.74) is 1.28. The zero-order valence-corrected chi connectivity index (χ0v) is 18.0. The molecule has 29 heavy (non-hydrogen) atoms. The van der Waals surface area contributed by atoms with E-state index in [1.54, 1.807) is 24.0 Å². The summed E-state index contributed by atoms with van der Waals surface area (Å²) in [5, 5.41) is 0. The first kappa shape index (κ1) is 21.5. The summed E-state index contributed by atoms with van der Waals surface area (Å²) in [6.07, 6.45) is 0. The number of sulfonamides is 1. The zero-order valence-electron chi connectivity index (χ0n) is 17.2. The second kappa shape index (κ2) is 9.07. The largest absolute Gasteiger partial charge is 0.336 e. The van der Waals surface area contributed by atoms with Crippen LogP contribution in [-0.2, 0) is 10.0 Å². The number of piperazine rings is 1. The Morgan fingerprint density at radius 3 is 2.21 bits per heavy atom. The van der Waals surface area contributed by atoms with Crippen molar-refractivity contribution in [1.82, 2.24) is 14.5 Å². The van der Waals surface area contributed by atoms with Crippen LogP contribution in [0.4, 0.5) is 0 Å². The van der Waals surface area contributed by atoms with Gasteiger partial charge in [-0.2, -0.15) is 0 Å². The van der Waals surface area contributed by atoms with Crippen molar-refractivity contribution >= 4 is 15.9 Å². The van der Waals surface area contributed by atoms with Crippen LogP contribution in [0.3, 0.4) is 0 Å². The molecule has 7 heteroatoms. The zero-order chi connectivity index (χ0) is 21.0. The number of nitrogens with one attached hydrogen (secondary N) is 1. The molecule has 1 saturated heterocycles. The minimum Gasteiger partial charge on any atom is -0.336 e. The molecule has 0 aromatic heterocycles. The molecule has 1 aliphatic rings. The SMILES string of the molecule is CC(NS(=O)(=O)c1cccc(C(=O)N2CCN(C(C)C)CC2)c1)c1ccccc1. The average molecular weight is 416 g/mol. The number of rotatable bonds is 6. The van der Waals surface area contributed by atoms with Gasteiger partial charge in [0, 0.05) is 43.8 Å². The fourth-order valence-corrected chi connectivity index (χ4v) is 4.81. The van der Waals surface area contributed by atoms with Gasteiger partial charge in [-0.15, -0.1) is 0 Å². The Balaban J connectivity index is 1.72. The number of carbonyl (C=O) groups excluding carboxylic acids is 1. The van der Waals surface area contributed by atoms with E-state index in [9.17, 15) is 13.2 Å². The van der Waals surface area contributed by atoms with E-state index in [0.717, 1.165) is 18.7 Å². The van der Waals surface area contributed by atoms with E-state index in [0.29, 0.717) is 24.7 Å². The van der Waals surface area contributed by atoms with Gasteiger partial charge >= 0.3 is 0 Å². The minimum atomic E-state index is -3.74. The first-order valence-corrected chi connectivity index (χ1v) is 11.5. The van der Waals surface area contributed by atoms with Crippen molar-refractivity contribution < 1.29 is 13.2 Å². The summed E-state index contributed by atoms with van der Waals surface area (Å²) in [7, 11) is -3.74. The van der Waals surface area contributed by atoms with Crippen molar-refractivity contribution in [3.63, 3.8) is 0 Å². The lowest BCUT2D eigenvalue weighted by Crippen LogP contribution is -2.50. The number of hydrogen-bond acceptors (Lipinski definition) is 4. The average Bonchev–Trinajstić information content (AvgIpc) is 2.73. The van der Waals surface area contributed by atoms with Crippen LogP contribution < -0.4 is 4.72 Å². The van der Waals surface area contributed by atoms with Crippen molar-refractivity contribution in [2.75, 3.05) is 26.2 Å². The van der Waals surface area contributed by atoms with Crippen LogP contribution in [0.1, 0.15) is 42.7 Å². The number of nitrogens with zero attached hydrogens (tertiary/aromatic N) is 2. The normalized spacial score (nSPS) is 16.8. The molecule has 1 amide bonds. The van der Waals surface area contributed by atoms with E-state index < -0.39 is 10.0 Å². The Hall–Kier alpha value is -2.22. The third-order valence-corrected chi connectivity index (χ3v) is 6.89. The second-order valence-electron chi connectivity index (χ2n) is 7.70. The van der Waals surface area contributed by atoms with E-state index in [4.69, 9.17) is 0 Å². The molecule has 6 nitrogen and oxygen atoms in total. The Kier molecular flexibility index (Phi) is 6.72. The highest BCUT2D eigenvalue weighted by atomic mass is 32.2. The van der Waals surface area contributed by atoms with Crippen LogP contribution in [0, 0.1) is 0 Å². The minimum absolute atomic E-state index is 0.104. The molecule has 1 unspecified atom stereocenters. The Bertz CT molecular complexity index is 937. The summed E-state index contributed by atoms with van der Waals surface area (Å²) in [6.45, 7) is 9.06. The molecule has 1 atom stereocenters. The number of carbonyl (C=O) groups is 1. The van der Waals surface area contributed by atoms with Crippen LogP contribution >= 0.6 is 0 Å². The van der Waals surface area contributed by atoms with Gasteiger partial charge in [-0.25, -0.2) is 13.1 Å². The molecule has 1 aliphatic heterocycles. The predicted octanol–water partition coefficient (Wildman–Crippen LogP) is 2.89. The standard InChI is InChI=1S/C22H29N3O3S/c1-17(2)24-12-14-25(15-13-24)22(26)20-10-7-11-21(16-20)29(27,28)23-18(3)19-8-5-4-6-9-19/h4-11,16-18,23H,12-15H2,1-3H3. The van der Waals surface area contributed by atoms with Crippen LogP contribution in [-0.4, -0.2) is 56.3 Å². The molecule has 1 fully saturated rings. The molecule has 1 heterocycles. The molecule has 1 N–H and O–H groups in total. The maximum Gasteiger partial charge on any atom is 0.253 e. The van der Waals surface area contributed by atoms with Crippen LogP contribution in [0.25, 0.3) is 0 Å². The lowest BCUT2D eigenvalue weighted by molar-refractivity contribution is 0.0595. The Morgan fingerprint density at radius 2 is 1.59 bits per heavy atom. The highest BCUT2D eigenvalue weighted by Crippen LogP contribution is 2.19. The van der Waals surface area contributed by atoms with Gasteiger partial charge in [-0.1, -0.05) is 36.4 Å². The van der Waals surface area contributed by atoms with Crippen molar-refractivity contribution in [1.29, 1.82) is 0 Å². The highest BCUT2D eigenvalue weighted by molar-refractivity contribution is 7.89. The van der Waals surface area contributed by atoms with Gasteiger partial charge in [0.25, 0.3) is 5.91 Å². The van der Waals surface area contributed by atoms with Crippen molar-refractivity contribution in [3.8, 4) is 0 Å². The summed E-state index contributed by atoms with van der Waals surface area (Å²) in [4.78, 5) is 17.1. The summed E-state index contributed by atoms with van der Waals surface area (Å²) in [6, 6.07) is 15.8. The second-order valence-corrected chi connectivity index (χ2v) is 9.42. The number of amides is 1. The first-order valence-electron chi connectivity index (χ1n) is 9.98. The van der Waals surface area contributed by atoms with Gasteiger partial charge in [0.15, 0.2) is 0 Å². The van der Waals surface area contributed by atoms with E-state index >= 15 is 0 Å². The Morgan fingerprint density at radius 1 is 0.931 bits per heavy atom. The van der Waals surface area contributed by atoms with Crippen molar-refractivity contribution in [2.24, 2.45) is 0 Å². The van der Waals surface area contributed by atoms with E-state index in [-0.39, 0.29) is 16.8 Å². The van der Waals surface area contributed by atoms with Gasteiger partial charge in [0.2, 0.25) is 10.0 Å². The predicted molar refractivity (Wildman–Crippen MR) is 114 cm³/mol. The number of hydrogen-bond donors (Lipinski definition) is 1. The fraction of sp³-hybridized carbons (Fsp3) is 0.409. The molecule has 0 aliphatic carbocycles. The summed E-state index contributed by atoms with van der Waals surface area (Å²) in [5.74, 6) is -0.124. The molecule has 156 valence electrons. The maximum absolute atomic E-state index is 12.9. The Labute approximate surface area is 173 Å². The van der Waals surface area contributed by atoms with Gasteiger partial charge in [-0.3, -0.25) is 9.69 Å².